The van der Waals surface area contributed by atoms with Gasteiger partial charge in [-0.25, -0.2) is 4.39 Å². The van der Waals surface area contributed by atoms with E-state index in [1.807, 2.05) is 0 Å². The lowest BCUT2D eigenvalue weighted by Gasteiger charge is -2.15. The SMILES string of the molecule is COCCNC(=O)C(C)Oc1cc(Br)cc(F)c1F. The number of rotatable bonds is 6. The summed E-state index contributed by atoms with van der Waals surface area (Å²) < 4.78 is 36.8. The van der Waals surface area contributed by atoms with Gasteiger partial charge in [-0.1, -0.05) is 15.9 Å². The maximum Gasteiger partial charge on any atom is 0.260 e. The highest BCUT2D eigenvalue weighted by molar-refractivity contribution is 9.10. The summed E-state index contributed by atoms with van der Waals surface area (Å²) in [5.74, 6) is -2.92. The molecule has 1 atom stereocenters. The normalized spacial score (nSPS) is 12.1. The average Bonchev–Trinajstić information content (AvgIpc) is 2.35. The first-order valence-electron chi connectivity index (χ1n) is 5.53. The molecule has 0 bridgehead atoms. The van der Waals surface area contributed by atoms with Crippen molar-refractivity contribution in [1.82, 2.24) is 5.32 Å². The van der Waals surface area contributed by atoms with Gasteiger partial charge in [-0.15, -0.1) is 0 Å². The van der Waals surface area contributed by atoms with Gasteiger partial charge < -0.3 is 14.8 Å². The van der Waals surface area contributed by atoms with Crippen molar-refractivity contribution in [2.24, 2.45) is 0 Å². The average molecular weight is 338 g/mol. The Bertz CT molecular complexity index is 457. The largest absolute Gasteiger partial charge is 0.478 e. The number of benzene rings is 1. The third-order valence-electron chi connectivity index (χ3n) is 2.24. The minimum Gasteiger partial charge on any atom is -0.478 e. The fourth-order valence-electron chi connectivity index (χ4n) is 1.28. The lowest BCUT2D eigenvalue weighted by atomic mass is 10.3. The van der Waals surface area contributed by atoms with Crippen LogP contribution >= 0.6 is 15.9 Å². The van der Waals surface area contributed by atoms with Crippen LogP contribution < -0.4 is 10.1 Å². The summed E-state index contributed by atoms with van der Waals surface area (Å²) in [6.45, 7) is 2.12. The number of carbonyl (C=O) groups is 1. The van der Waals surface area contributed by atoms with Gasteiger partial charge in [0.25, 0.3) is 5.91 Å². The van der Waals surface area contributed by atoms with Gasteiger partial charge in [0.2, 0.25) is 5.82 Å². The van der Waals surface area contributed by atoms with Crippen LogP contribution in [0.15, 0.2) is 16.6 Å². The summed E-state index contributed by atoms with van der Waals surface area (Å²) in [6.07, 6.45) is -0.944. The van der Waals surface area contributed by atoms with E-state index in [2.05, 4.69) is 21.2 Å². The molecular weight excluding hydrogens is 324 g/mol. The highest BCUT2D eigenvalue weighted by Gasteiger charge is 2.18. The molecule has 1 amide bonds. The Hall–Kier alpha value is -1.21. The third-order valence-corrected chi connectivity index (χ3v) is 2.70. The summed E-state index contributed by atoms with van der Waals surface area (Å²) in [4.78, 5) is 11.6. The van der Waals surface area contributed by atoms with Crippen LogP contribution in [0.5, 0.6) is 5.75 Å². The number of nitrogens with one attached hydrogen (secondary N) is 1. The zero-order valence-corrected chi connectivity index (χ0v) is 12.1. The quantitative estimate of drug-likeness (QED) is 0.639. The Morgan fingerprint density at radius 1 is 1.47 bits per heavy atom. The molecule has 19 heavy (non-hydrogen) atoms. The fraction of sp³-hybridized carbons (Fsp3) is 0.417. The van der Waals surface area contributed by atoms with Crippen LogP contribution in [0.25, 0.3) is 0 Å². The highest BCUT2D eigenvalue weighted by Crippen LogP contribution is 2.26. The number of hydrogen-bond acceptors (Lipinski definition) is 3. The van der Waals surface area contributed by atoms with E-state index in [1.54, 1.807) is 0 Å². The van der Waals surface area contributed by atoms with Crippen molar-refractivity contribution >= 4 is 21.8 Å². The number of amides is 1. The Kier molecular flexibility index (Phi) is 6.17. The molecule has 0 aliphatic rings. The van der Waals surface area contributed by atoms with Crippen molar-refractivity contribution in [3.05, 3.63) is 28.2 Å². The van der Waals surface area contributed by atoms with Gasteiger partial charge in [0.05, 0.1) is 6.61 Å². The van der Waals surface area contributed by atoms with Gasteiger partial charge in [-0.3, -0.25) is 4.79 Å². The van der Waals surface area contributed by atoms with Crippen molar-refractivity contribution in [3.8, 4) is 5.75 Å². The smallest absolute Gasteiger partial charge is 0.260 e. The molecule has 0 aliphatic carbocycles. The predicted molar refractivity (Wildman–Crippen MR) is 69.0 cm³/mol. The van der Waals surface area contributed by atoms with E-state index >= 15 is 0 Å². The first-order chi connectivity index (χ1) is 8.95. The minimum absolute atomic E-state index is 0.318. The van der Waals surface area contributed by atoms with Gasteiger partial charge in [0.1, 0.15) is 0 Å². The van der Waals surface area contributed by atoms with Crippen LogP contribution in [-0.4, -0.2) is 32.3 Å². The maximum atomic E-state index is 13.4. The lowest BCUT2D eigenvalue weighted by molar-refractivity contribution is -0.127. The summed E-state index contributed by atoms with van der Waals surface area (Å²) in [6, 6.07) is 2.24. The van der Waals surface area contributed by atoms with E-state index in [-0.39, 0.29) is 5.75 Å². The molecule has 0 spiro atoms. The van der Waals surface area contributed by atoms with Crippen molar-refractivity contribution in [2.75, 3.05) is 20.3 Å². The van der Waals surface area contributed by atoms with E-state index in [0.717, 1.165) is 6.07 Å². The first kappa shape index (κ1) is 15.8. The van der Waals surface area contributed by atoms with Crippen LogP contribution in [0, 0.1) is 11.6 Å². The number of ether oxygens (including phenoxy) is 2. The third kappa shape index (κ3) is 4.76. The minimum atomic E-state index is -1.13. The molecule has 1 aromatic carbocycles. The molecule has 1 aromatic rings. The Balaban J connectivity index is 2.66. The maximum absolute atomic E-state index is 13.4. The number of carbonyl (C=O) groups excluding carboxylic acids is 1. The van der Waals surface area contributed by atoms with Gasteiger partial charge >= 0.3 is 0 Å². The number of halogens is 3. The summed E-state index contributed by atoms with van der Waals surface area (Å²) in [5, 5.41) is 2.54. The van der Waals surface area contributed by atoms with E-state index in [0.29, 0.717) is 17.6 Å². The lowest BCUT2D eigenvalue weighted by Crippen LogP contribution is -2.38. The van der Waals surface area contributed by atoms with Crippen LogP contribution in [-0.2, 0) is 9.53 Å². The molecular formula is C12H14BrF2NO3. The van der Waals surface area contributed by atoms with Crippen molar-refractivity contribution in [1.29, 1.82) is 0 Å². The predicted octanol–water partition coefficient (Wildman–Crippen LogP) is 2.26. The van der Waals surface area contributed by atoms with Crippen LogP contribution in [0.4, 0.5) is 8.78 Å². The second-order valence-corrected chi connectivity index (χ2v) is 4.66. The molecule has 0 heterocycles. The zero-order valence-electron chi connectivity index (χ0n) is 10.5. The molecule has 0 radical (unpaired) electrons. The van der Waals surface area contributed by atoms with Gasteiger partial charge in [-0.2, -0.15) is 4.39 Å². The summed E-state index contributed by atoms with van der Waals surface area (Å²) in [7, 11) is 1.51. The molecule has 0 aromatic heterocycles. The summed E-state index contributed by atoms with van der Waals surface area (Å²) >= 11 is 3.02. The van der Waals surface area contributed by atoms with E-state index in [9.17, 15) is 13.6 Å². The molecule has 106 valence electrons. The number of methoxy groups -OCH3 is 1. The molecule has 1 rings (SSSR count). The highest BCUT2D eigenvalue weighted by atomic mass is 79.9. The molecule has 0 fully saturated rings. The van der Waals surface area contributed by atoms with Crippen LogP contribution in [0.1, 0.15) is 6.92 Å². The topological polar surface area (TPSA) is 47.6 Å². The van der Waals surface area contributed by atoms with E-state index in [1.165, 1.54) is 20.1 Å². The monoisotopic (exact) mass is 337 g/mol. The van der Waals surface area contributed by atoms with E-state index < -0.39 is 23.6 Å². The Labute approximate surface area is 118 Å². The molecule has 7 heteroatoms. The second kappa shape index (κ2) is 7.40. The van der Waals surface area contributed by atoms with Gasteiger partial charge in [0.15, 0.2) is 17.7 Å². The van der Waals surface area contributed by atoms with Crippen LogP contribution in [0.2, 0.25) is 0 Å². The second-order valence-electron chi connectivity index (χ2n) is 3.74. The molecule has 4 nitrogen and oxygen atoms in total. The molecule has 0 aliphatic heterocycles. The Morgan fingerprint density at radius 2 is 2.16 bits per heavy atom. The first-order valence-corrected chi connectivity index (χ1v) is 6.33. The van der Waals surface area contributed by atoms with E-state index in [4.69, 9.17) is 9.47 Å². The molecule has 0 saturated heterocycles. The molecule has 1 unspecified atom stereocenters. The van der Waals surface area contributed by atoms with Crippen molar-refractivity contribution in [3.63, 3.8) is 0 Å². The summed E-state index contributed by atoms with van der Waals surface area (Å²) in [5.41, 5.74) is 0. The van der Waals surface area contributed by atoms with Crippen molar-refractivity contribution in [2.45, 2.75) is 13.0 Å². The zero-order chi connectivity index (χ0) is 14.4. The molecule has 0 saturated carbocycles. The van der Waals surface area contributed by atoms with Crippen LogP contribution in [0.3, 0.4) is 0 Å². The van der Waals surface area contributed by atoms with Crippen molar-refractivity contribution < 1.29 is 23.0 Å². The van der Waals surface area contributed by atoms with Gasteiger partial charge in [-0.05, 0) is 19.1 Å². The standard InChI is InChI=1S/C12H14BrF2NO3/c1-7(12(17)16-3-4-18-2)19-10-6-8(13)5-9(14)11(10)15/h5-7H,3-4H2,1-2H3,(H,16,17). The molecule has 1 N–H and O–H groups in total. The Morgan fingerprint density at radius 3 is 2.79 bits per heavy atom. The number of hydrogen-bond donors (Lipinski definition) is 1. The fourth-order valence-corrected chi connectivity index (χ4v) is 1.69. The van der Waals surface area contributed by atoms with Gasteiger partial charge in [0, 0.05) is 18.1 Å².